The van der Waals surface area contributed by atoms with Gasteiger partial charge in [-0.1, -0.05) is 6.42 Å². The van der Waals surface area contributed by atoms with Crippen LogP contribution in [-0.2, 0) is 33.6 Å². The largest absolute Gasteiger partial charge is 0.480 e. The van der Waals surface area contributed by atoms with Gasteiger partial charge < -0.3 is 74.8 Å². The smallest absolute Gasteiger partial charge is 0.328 e. The number of aliphatic hydroxyl groups excluding tert-OH is 3. The number of hydrogen-bond donors (Lipinski definition) is 13. The molecule has 17 N–H and O–H groups in total. The molecule has 0 bridgehead atoms. The average Bonchev–Trinajstić information content (AvgIpc) is 3.64. The molecule has 1 aliphatic rings. The van der Waals surface area contributed by atoms with Gasteiger partial charge in [0.2, 0.25) is 35.4 Å². The molecule has 1 fully saturated rings. The van der Waals surface area contributed by atoms with Crippen molar-refractivity contribution in [1.82, 2.24) is 31.5 Å². The van der Waals surface area contributed by atoms with Crippen LogP contribution in [0.5, 0.6) is 0 Å². The number of hydrogen-bond acceptors (Lipinski definition) is 14. The fourth-order valence-electron chi connectivity index (χ4n) is 5.76. The Morgan fingerprint density at radius 1 is 0.667 bits per heavy atom. The Balaban J connectivity index is 3.12. The fourth-order valence-corrected chi connectivity index (χ4v) is 5.76. The van der Waals surface area contributed by atoms with Gasteiger partial charge in [0, 0.05) is 6.54 Å². The van der Waals surface area contributed by atoms with Crippen molar-refractivity contribution < 1.29 is 54.0 Å². The van der Waals surface area contributed by atoms with Crippen LogP contribution in [0.4, 0.5) is 0 Å². The number of amides is 6. The van der Waals surface area contributed by atoms with Gasteiger partial charge in [-0.05, 0) is 90.8 Å². The number of carbonyl (C=O) groups excluding carboxylic acids is 6. The van der Waals surface area contributed by atoms with E-state index in [2.05, 4.69) is 26.6 Å². The monoisotopic (exact) mass is 774 g/mol. The van der Waals surface area contributed by atoms with Crippen LogP contribution in [0.25, 0.3) is 0 Å². The topological polar surface area (TPSA) is 368 Å². The van der Waals surface area contributed by atoms with E-state index in [9.17, 15) is 54.0 Å². The molecule has 310 valence electrons. The van der Waals surface area contributed by atoms with Crippen molar-refractivity contribution in [2.45, 2.75) is 126 Å². The van der Waals surface area contributed by atoms with E-state index in [1.807, 2.05) is 0 Å². The Labute approximate surface area is 315 Å². The number of carboxylic acids is 1. The van der Waals surface area contributed by atoms with Crippen LogP contribution < -0.4 is 49.5 Å². The third kappa shape index (κ3) is 16.2. The van der Waals surface area contributed by atoms with Crippen molar-refractivity contribution in [2.75, 3.05) is 39.4 Å². The van der Waals surface area contributed by atoms with Crippen LogP contribution in [0, 0.1) is 0 Å². The van der Waals surface area contributed by atoms with Crippen molar-refractivity contribution in [3.05, 3.63) is 0 Å². The molecule has 0 aromatic rings. The Morgan fingerprint density at radius 2 is 1.13 bits per heavy atom. The second-order valence-electron chi connectivity index (χ2n) is 13.3. The molecule has 0 radical (unpaired) electrons. The number of aliphatic carboxylic acids is 1. The zero-order valence-corrected chi connectivity index (χ0v) is 31.0. The van der Waals surface area contributed by atoms with Gasteiger partial charge in [-0.3, -0.25) is 28.8 Å². The summed E-state index contributed by atoms with van der Waals surface area (Å²) in [6.07, 6.45) is 2.59. The molecule has 0 unspecified atom stereocenters. The molecule has 21 heteroatoms. The minimum absolute atomic E-state index is 0.0220. The number of carbonyl (C=O) groups is 7. The van der Waals surface area contributed by atoms with E-state index in [0.717, 1.165) is 0 Å². The number of carboxylic acid groups (broad SMARTS) is 1. The number of unbranched alkanes of at least 4 members (excludes halogenated alkanes) is 3. The molecule has 1 rings (SSSR count). The normalized spacial score (nSPS) is 17.9. The Morgan fingerprint density at radius 3 is 1.61 bits per heavy atom. The molecule has 0 aliphatic carbocycles. The minimum Gasteiger partial charge on any atom is -0.480 e. The second kappa shape index (κ2) is 25.9. The van der Waals surface area contributed by atoms with Gasteiger partial charge >= 0.3 is 5.97 Å². The first kappa shape index (κ1) is 48.0. The Bertz CT molecular complexity index is 1230. The SMILES string of the molecule is C[C@@H](O)[C@H](NC(=O)[C@@H](N)CCCCN)C(=O)N1CCC[C@H]1C(=O)N[C@@H](CCCCN)C(=O)N[C@@H](CO)C(=O)N[C@@H](CCCCN)C(=O)N[C@@H](CO)C(=O)O. The Kier molecular flexibility index (Phi) is 23.1. The zero-order valence-electron chi connectivity index (χ0n) is 31.0. The van der Waals surface area contributed by atoms with E-state index in [-0.39, 0.29) is 38.9 Å². The predicted octanol–water partition coefficient (Wildman–Crippen LogP) is -5.43. The third-order valence-electron chi connectivity index (χ3n) is 8.96. The quantitative estimate of drug-likeness (QED) is 0.0346. The molecule has 0 saturated carbocycles. The van der Waals surface area contributed by atoms with Gasteiger partial charge in [-0.15, -0.1) is 0 Å². The van der Waals surface area contributed by atoms with Crippen LogP contribution in [0.1, 0.15) is 77.6 Å². The van der Waals surface area contributed by atoms with E-state index in [4.69, 9.17) is 22.9 Å². The van der Waals surface area contributed by atoms with Crippen molar-refractivity contribution in [1.29, 1.82) is 0 Å². The summed E-state index contributed by atoms with van der Waals surface area (Å²) < 4.78 is 0. The molecule has 0 aromatic carbocycles. The van der Waals surface area contributed by atoms with Crippen molar-refractivity contribution in [3.8, 4) is 0 Å². The van der Waals surface area contributed by atoms with Gasteiger partial charge in [0.15, 0.2) is 0 Å². The highest BCUT2D eigenvalue weighted by atomic mass is 16.4. The molecule has 0 aromatic heterocycles. The van der Waals surface area contributed by atoms with E-state index < -0.39 is 103 Å². The molecule has 0 spiro atoms. The van der Waals surface area contributed by atoms with Crippen LogP contribution in [-0.4, -0.2) is 155 Å². The summed E-state index contributed by atoms with van der Waals surface area (Å²) in [5.74, 6) is -6.35. The molecule has 1 aliphatic heterocycles. The summed E-state index contributed by atoms with van der Waals surface area (Å²) in [6, 6.07) is -9.24. The highest BCUT2D eigenvalue weighted by molar-refractivity contribution is 5.97. The van der Waals surface area contributed by atoms with E-state index in [1.54, 1.807) is 0 Å². The van der Waals surface area contributed by atoms with Crippen LogP contribution in [0.15, 0.2) is 0 Å². The molecular weight excluding hydrogens is 712 g/mol. The zero-order chi connectivity index (χ0) is 40.8. The van der Waals surface area contributed by atoms with E-state index >= 15 is 0 Å². The first-order valence-electron chi connectivity index (χ1n) is 18.5. The summed E-state index contributed by atoms with van der Waals surface area (Å²) in [5, 5.41) is 51.0. The summed E-state index contributed by atoms with van der Waals surface area (Å²) in [6.45, 7) is 0.600. The molecule has 8 atom stereocenters. The fraction of sp³-hybridized carbons (Fsp3) is 0.788. The summed E-state index contributed by atoms with van der Waals surface area (Å²) in [7, 11) is 0. The van der Waals surface area contributed by atoms with Gasteiger partial charge in [-0.25, -0.2) is 4.79 Å². The van der Waals surface area contributed by atoms with Crippen LogP contribution in [0.2, 0.25) is 0 Å². The van der Waals surface area contributed by atoms with Crippen LogP contribution in [0.3, 0.4) is 0 Å². The van der Waals surface area contributed by atoms with Gasteiger partial charge in [0.05, 0.1) is 25.4 Å². The summed E-state index contributed by atoms with van der Waals surface area (Å²) in [4.78, 5) is 92.1. The lowest BCUT2D eigenvalue weighted by Gasteiger charge is -2.31. The highest BCUT2D eigenvalue weighted by Crippen LogP contribution is 2.20. The first-order chi connectivity index (χ1) is 25.7. The molecule has 6 amide bonds. The van der Waals surface area contributed by atoms with Crippen molar-refractivity contribution >= 4 is 41.4 Å². The van der Waals surface area contributed by atoms with Gasteiger partial charge in [0.25, 0.3) is 0 Å². The number of nitrogens with two attached hydrogens (primary N) is 4. The minimum atomic E-state index is -1.64. The maximum Gasteiger partial charge on any atom is 0.328 e. The maximum absolute atomic E-state index is 13.6. The average molecular weight is 775 g/mol. The number of likely N-dealkylation sites (tertiary alicyclic amines) is 1. The van der Waals surface area contributed by atoms with Crippen molar-refractivity contribution in [3.63, 3.8) is 0 Å². The third-order valence-corrected chi connectivity index (χ3v) is 8.96. The number of nitrogens with one attached hydrogen (secondary N) is 5. The molecular formula is C33H62N10O11. The molecule has 1 saturated heterocycles. The standard InChI is InChI=1S/C33H62N10O11/c1-19(46)26(42-27(47)20(37)9-2-5-13-34)32(52)43-16-8-12-25(43)31(51)39-22(11-4-7-15-36)28(48)40-23(17-44)30(50)38-21(10-3-6-14-35)29(49)41-24(18-45)33(53)54/h19-26,44-46H,2-18,34-37H2,1H3,(H,38,50)(H,39,51)(H,40,48)(H,41,49)(H,42,47)(H,53,54)/t19-,20+,21+,22+,23+,24+,25+,26+/m1/s1. The first-order valence-corrected chi connectivity index (χ1v) is 18.5. The molecule has 1 heterocycles. The van der Waals surface area contributed by atoms with Gasteiger partial charge in [-0.2, -0.15) is 0 Å². The Hall–Kier alpha value is -3.99. The second-order valence-corrected chi connectivity index (χ2v) is 13.3. The lowest BCUT2D eigenvalue weighted by Crippen LogP contribution is -2.61. The lowest BCUT2D eigenvalue weighted by molar-refractivity contribution is -0.144. The van der Waals surface area contributed by atoms with Crippen molar-refractivity contribution in [2.24, 2.45) is 22.9 Å². The van der Waals surface area contributed by atoms with Crippen LogP contribution >= 0.6 is 0 Å². The summed E-state index contributed by atoms with van der Waals surface area (Å²) >= 11 is 0. The number of nitrogens with zero attached hydrogens (tertiary/aromatic N) is 1. The number of rotatable bonds is 27. The predicted molar refractivity (Wildman–Crippen MR) is 195 cm³/mol. The maximum atomic E-state index is 13.6. The lowest BCUT2D eigenvalue weighted by atomic mass is 10.1. The molecule has 54 heavy (non-hydrogen) atoms. The van der Waals surface area contributed by atoms with Gasteiger partial charge in [0.1, 0.15) is 36.3 Å². The van der Waals surface area contributed by atoms with E-state index in [1.165, 1.54) is 11.8 Å². The summed E-state index contributed by atoms with van der Waals surface area (Å²) in [5.41, 5.74) is 22.6. The van der Waals surface area contributed by atoms with E-state index in [0.29, 0.717) is 57.9 Å². The highest BCUT2D eigenvalue weighted by Gasteiger charge is 2.41. The molecule has 21 nitrogen and oxygen atoms in total. The number of aliphatic hydroxyl groups is 3.